The zero-order valence-electron chi connectivity index (χ0n) is 11.7. The molecule has 1 aromatic heterocycles. The minimum absolute atomic E-state index is 0.0752. The van der Waals surface area contributed by atoms with Crippen molar-refractivity contribution in [1.29, 1.82) is 0 Å². The highest BCUT2D eigenvalue weighted by atomic mass is 35.5. The molecule has 1 N–H and O–H groups in total. The number of thioether (sulfide) groups is 1. The number of benzene rings is 1. The highest BCUT2D eigenvalue weighted by Gasteiger charge is 2.26. The molecule has 2 aromatic rings. The van der Waals surface area contributed by atoms with E-state index in [-0.39, 0.29) is 17.4 Å². The first-order valence-corrected chi connectivity index (χ1v) is 8.21. The lowest BCUT2D eigenvalue weighted by Gasteiger charge is -2.23. The summed E-state index contributed by atoms with van der Waals surface area (Å²) in [5.41, 5.74) is 0.751. The van der Waals surface area contributed by atoms with E-state index in [4.69, 9.17) is 11.6 Å². The monoisotopic (exact) mass is 335 g/mol. The van der Waals surface area contributed by atoms with Crippen LogP contribution in [0.4, 0.5) is 0 Å². The molecule has 0 radical (unpaired) electrons. The first-order chi connectivity index (χ1) is 10.6. The molecule has 2 heterocycles. The van der Waals surface area contributed by atoms with Crippen LogP contribution in [0.5, 0.6) is 0 Å². The fourth-order valence-electron chi connectivity index (χ4n) is 2.28. The number of hydrogen-bond donors (Lipinski definition) is 1. The van der Waals surface area contributed by atoms with Crippen LogP contribution in [0.3, 0.4) is 0 Å². The van der Waals surface area contributed by atoms with E-state index in [1.807, 2.05) is 18.2 Å². The van der Waals surface area contributed by atoms with E-state index in [2.05, 4.69) is 10.3 Å². The van der Waals surface area contributed by atoms with Gasteiger partial charge in [0.05, 0.1) is 5.92 Å². The van der Waals surface area contributed by atoms with Crippen LogP contribution >= 0.6 is 23.4 Å². The third-order valence-corrected chi connectivity index (χ3v) is 5.02. The van der Waals surface area contributed by atoms with Crippen LogP contribution in [-0.4, -0.2) is 21.2 Å². The fourth-order valence-corrected chi connectivity index (χ4v) is 3.54. The average Bonchev–Trinajstić information content (AvgIpc) is 2.54. The summed E-state index contributed by atoms with van der Waals surface area (Å²) >= 11 is 7.50. The molecule has 0 fully saturated rings. The summed E-state index contributed by atoms with van der Waals surface area (Å²) in [5, 5.41) is 4.19. The van der Waals surface area contributed by atoms with Crippen molar-refractivity contribution in [3.63, 3.8) is 0 Å². The van der Waals surface area contributed by atoms with Crippen LogP contribution in [0.1, 0.15) is 5.56 Å². The molecule has 0 bridgehead atoms. The van der Waals surface area contributed by atoms with Crippen molar-refractivity contribution in [3.05, 3.63) is 57.5 Å². The quantitative estimate of drug-likeness (QED) is 0.871. The van der Waals surface area contributed by atoms with Gasteiger partial charge in [-0.05, 0) is 11.6 Å². The minimum atomic E-state index is -0.248. The van der Waals surface area contributed by atoms with Gasteiger partial charge in [-0.25, -0.2) is 4.98 Å². The Morgan fingerprint density at radius 3 is 3.05 bits per heavy atom. The number of carbonyl (C=O) groups excluding carboxylic acids is 1. The number of nitrogens with zero attached hydrogens (tertiary/aromatic N) is 2. The van der Waals surface area contributed by atoms with Crippen molar-refractivity contribution < 1.29 is 4.79 Å². The molecule has 3 rings (SSSR count). The maximum atomic E-state index is 12.3. The standard InChI is InChI=1S/C15H14ClN3O2S/c16-12-4-2-1-3-10(12)7-18-14(21)11-8-19-13(20)5-6-17-15(19)22-9-11/h1-6,11H,7-9H2,(H,18,21). The number of rotatable bonds is 3. The number of hydrogen-bond acceptors (Lipinski definition) is 4. The molecule has 5 nitrogen and oxygen atoms in total. The first-order valence-electron chi connectivity index (χ1n) is 6.85. The van der Waals surface area contributed by atoms with Gasteiger partial charge in [-0.1, -0.05) is 41.6 Å². The van der Waals surface area contributed by atoms with Gasteiger partial charge >= 0.3 is 0 Å². The van der Waals surface area contributed by atoms with Gasteiger partial charge in [0.25, 0.3) is 5.56 Å². The molecular formula is C15H14ClN3O2S. The number of halogens is 1. The molecule has 0 saturated carbocycles. The third kappa shape index (κ3) is 3.18. The molecule has 1 aliphatic heterocycles. The summed E-state index contributed by atoms with van der Waals surface area (Å²) in [6.07, 6.45) is 1.50. The predicted octanol–water partition coefficient (Wildman–Crippen LogP) is 1.93. The van der Waals surface area contributed by atoms with Crippen LogP contribution in [0.15, 0.2) is 46.5 Å². The van der Waals surface area contributed by atoms with Gasteiger partial charge in [0.15, 0.2) is 5.16 Å². The molecule has 1 atom stereocenters. The van der Waals surface area contributed by atoms with Crippen molar-refractivity contribution >= 4 is 29.3 Å². The smallest absolute Gasteiger partial charge is 0.254 e. The SMILES string of the molecule is O=C(NCc1ccccc1Cl)C1CSc2nccc(=O)n2C1. The highest BCUT2D eigenvalue weighted by Crippen LogP contribution is 2.24. The van der Waals surface area contributed by atoms with Gasteiger partial charge in [0.1, 0.15) is 0 Å². The molecule has 7 heteroatoms. The van der Waals surface area contributed by atoms with Crippen molar-refractivity contribution in [3.8, 4) is 0 Å². The van der Waals surface area contributed by atoms with Gasteiger partial charge in [0, 0.05) is 36.1 Å². The molecule has 22 heavy (non-hydrogen) atoms. The highest BCUT2D eigenvalue weighted by molar-refractivity contribution is 7.99. The van der Waals surface area contributed by atoms with Crippen LogP contribution in [0.2, 0.25) is 5.02 Å². The summed E-state index contributed by atoms with van der Waals surface area (Å²) in [7, 11) is 0. The maximum Gasteiger partial charge on any atom is 0.254 e. The average molecular weight is 336 g/mol. The van der Waals surface area contributed by atoms with E-state index in [1.54, 1.807) is 10.6 Å². The number of fused-ring (bicyclic) bond motifs is 1. The van der Waals surface area contributed by atoms with E-state index < -0.39 is 0 Å². The van der Waals surface area contributed by atoms with E-state index in [0.717, 1.165) is 5.56 Å². The second kappa shape index (κ2) is 6.54. The zero-order chi connectivity index (χ0) is 15.5. The number of nitrogens with one attached hydrogen (secondary N) is 1. The molecule has 1 unspecified atom stereocenters. The Bertz CT molecular complexity index is 762. The maximum absolute atomic E-state index is 12.3. The van der Waals surface area contributed by atoms with E-state index in [9.17, 15) is 9.59 Å². The minimum Gasteiger partial charge on any atom is -0.352 e. The first kappa shape index (κ1) is 15.1. The summed E-state index contributed by atoms with van der Waals surface area (Å²) in [4.78, 5) is 28.3. The van der Waals surface area contributed by atoms with Crippen molar-refractivity contribution in [2.75, 3.05) is 5.75 Å². The largest absolute Gasteiger partial charge is 0.352 e. The molecule has 0 aliphatic carbocycles. The van der Waals surface area contributed by atoms with Crippen molar-refractivity contribution in [2.24, 2.45) is 5.92 Å². The number of aromatic nitrogens is 2. The van der Waals surface area contributed by atoms with Crippen molar-refractivity contribution in [2.45, 2.75) is 18.2 Å². The molecule has 0 spiro atoms. The predicted molar refractivity (Wildman–Crippen MR) is 86.0 cm³/mol. The van der Waals surface area contributed by atoms with Crippen molar-refractivity contribution in [1.82, 2.24) is 14.9 Å². The second-order valence-corrected chi connectivity index (χ2v) is 6.39. The van der Waals surface area contributed by atoms with Gasteiger partial charge in [-0.2, -0.15) is 0 Å². The topological polar surface area (TPSA) is 64.0 Å². The Kier molecular flexibility index (Phi) is 4.49. The molecule has 114 valence electrons. The Hall–Kier alpha value is -1.79. The third-order valence-electron chi connectivity index (χ3n) is 3.50. The van der Waals surface area contributed by atoms with E-state index in [1.165, 1.54) is 24.0 Å². The Labute approximate surface area is 136 Å². The van der Waals surface area contributed by atoms with Crippen LogP contribution < -0.4 is 10.9 Å². The molecule has 1 aliphatic rings. The van der Waals surface area contributed by atoms with Gasteiger partial charge in [-0.3, -0.25) is 14.2 Å². The Morgan fingerprint density at radius 1 is 1.41 bits per heavy atom. The number of carbonyl (C=O) groups is 1. The van der Waals surface area contributed by atoms with Gasteiger partial charge in [0.2, 0.25) is 5.91 Å². The summed E-state index contributed by atoms with van der Waals surface area (Å²) in [6, 6.07) is 8.81. The molecular weight excluding hydrogens is 322 g/mol. The van der Waals surface area contributed by atoms with Gasteiger partial charge < -0.3 is 5.32 Å². The van der Waals surface area contributed by atoms with E-state index in [0.29, 0.717) is 29.0 Å². The Balaban J connectivity index is 1.66. The van der Waals surface area contributed by atoms with Crippen LogP contribution in [0.25, 0.3) is 0 Å². The lowest BCUT2D eigenvalue weighted by molar-refractivity contribution is -0.125. The lowest BCUT2D eigenvalue weighted by Crippen LogP contribution is -2.39. The van der Waals surface area contributed by atoms with Crippen LogP contribution in [-0.2, 0) is 17.9 Å². The zero-order valence-corrected chi connectivity index (χ0v) is 13.2. The Morgan fingerprint density at radius 2 is 2.23 bits per heavy atom. The molecule has 1 amide bonds. The van der Waals surface area contributed by atoms with Crippen LogP contribution in [0, 0.1) is 5.92 Å². The second-order valence-electron chi connectivity index (χ2n) is 4.99. The summed E-state index contributed by atoms with van der Waals surface area (Å²) < 4.78 is 1.55. The molecule has 0 saturated heterocycles. The fraction of sp³-hybridized carbons (Fsp3) is 0.267. The summed E-state index contributed by atoms with van der Waals surface area (Å²) in [6.45, 7) is 0.748. The molecule has 1 aromatic carbocycles. The van der Waals surface area contributed by atoms with E-state index >= 15 is 0 Å². The normalized spacial score (nSPS) is 16.9. The summed E-state index contributed by atoms with van der Waals surface area (Å²) in [5.74, 6) is 0.292. The number of amides is 1. The lowest BCUT2D eigenvalue weighted by atomic mass is 10.1. The van der Waals surface area contributed by atoms with Gasteiger partial charge in [-0.15, -0.1) is 0 Å².